The molecule has 3 N–H and O–H groups in total. The molecule has 5 atom stereocenters. The van der Waals surface area contributed by atoms with Crippen molar-refractivity contribution in [1.82, 2.24) is 5.32 Å². The second-order valence-corrected chi connectivity index (χ2v) is 8.57. The number of hydrogen-bond acceptors (Lipinski definition) is 4. The molecular weight excluding hydrogens is 314 g/mol. The Morgan fingerprint density at radius 1 is 1.28 bits per heavy atom. The van der Waals surface area contributed by atoms with Crippen LogP contribution in [0.1, 0.15) is 62.1 Å². The van der Waals surface area contributed by atoms with Gasteiger partial charge in [0.25, 0.3) is 0 Å². The highest BCUT2D eigenvalue weighted by Gasteiger charge is 2.71. The van der Waals surface area contributed by atoms with Crippen molar-refractivity contribution in [2.24, 2.45) is 5.92 Å². The van der Waals surface area contributed by atoms with Gasteiger partial charge in [-0.2, -0.15) is 0 Å². The van der Waals surface area contributed by atoms with Gasteiger partial charge in [0, 0.05) is 17.2 Å². The molecule has 1 aliphatic heterocycles. The normalized spacial score (nSPS) is 40.5. The van der Waals surface area contributed by atoms with Crippen LogP contribution in [0.4, 0.5) is 0 Å². The van der Waals surface area contributed by atoms with Gasteiger partial charge in [-0.1, -0.05) is 25.5 Å². The maximum atomic E-state index is 11.9. The first-order valence-corrected chi connectivity index (χ1v) is 10.0. The van der Waals surface area contributed by atoms with Crippen LogP contribution in [0.25, 0.3) is 0 Å². The Balaban J connectivity index is 1.71. The van der Waals surface area contributed by atoms with Crippen molar-refractivity contribution in [2.75, 3.05) is 6.54 Å². The van der Waals surface area contributed by atoms with Gasteiger partial charge in [-0.25, -0.2) is 0 Å². The van der Waals surface area contributed by atoms with Crippen LogP contribution >= 0.6 is 0 Å². The lowest BCUT2D eigenvalue weighted by Gasteiger charge is -2.61. The zero-order valence-corrected chi connectivity index (χ0v) is 15.1. The Labute approximate surface area is 149 Å². The molecule has 5 rings (SSSR count). The van der Waals surface area contributed by atoms with Crippen molar-refractivity contribution in [1.29, 1.82) is 0 Å². The number of aliphatic hydroxyl groups is 2. The first-order valence-electron chi connectivity index (χ1n) is 10.0. The zero-order chi connectivity index (χ0) is 17.2. The maximum Gasteiger partial charge on any atom is 0.129 e. The van der Waals surface area contributed by atoms with Gasteiger partial charge in [0.05, 0.1) is 17.6 Å². The van der Waals surface area contributed by atoms with E-state index in [0.717, 1.165) is 62.8 Å². The van der Waals surface area contributed by atoms with E-state index in [4.69, 9.17) is 4.74 Å². The number of nitrogens with one attached hydrogen (secondary N) is 1. The van der Waals surface area contributed by atoms with E-state index in [1.807, 2.05) is 6.07 Å². The van der Waals surface area contributed by atoms with Crippen molar-refractivity contribution in [2.45, 2.75) is 81.6 Å². The van der Waals surface area contributed by atoms with Gasteiger partial charge in [-0.3, -0.25) is 0 Å². The van der Waals surface area contributed by atoms with Gasteiger partial charge in [0.2, 0.25) is 0 Å². The van der Waals surface area contributed by atoms with Crippen LogP contribution in [0.3, 0.4) is 0 Å². The molecule has 136 valence electrons. The second kappa shape index (κ2) is 5.45. The SMILES string of the molecule is CCCNC1CC[C@]2(O)C3CCC[C@]24c2c(ccc(CO)c2OC14)C3. The summed E-state index contributed by atoms with van der Waals surface area (Å²) >= 11 is 0. The van der Waals surface area contributed by atoms with E-state index in [1.54, 1.807) is 0 Å². The number of rotatable bonds is 4. The number of benzene rings is 1. The summed E-state index contributed by atoms with van der Waals surface area (Å²) in [7, 11) is 0. The summed E-state index contributed by atoms with van der Waals surface area (Å²) in [6, 6.07) is 4.49. The van der Waals surface area contributed by atoms with E-state index in [0.29, 0.717) is 5.92 Å². The minimum Gasteiger partial charge on any atom is -0.487 e. The molecule has 0 amide bonds. The molecule has 2 fully saturated rings. The highest BCUT2D eigenvalue weighted by molar-refractivity contribution is 5.60. The molecule has 3 aliphatic carbocycles. The van der Waals surface area contributed by atoms with E-state index in [9.17, 15) is 10.2 Å². The average molecular weight is 343 g/mol. The summed E-state index contributed by atoms with van der Waals surface area (Å²) in [6.45, 7) is 3.17. The average Bonchev–Trinajstić information content (AvgIpc) is 2.95. The lowest BCUT2D eigenvalue weighted by atomic mass is 9.45. The van der Waals surface area contributed by atoms with Gasteiger partial charge < -0.3 is 20.3 Å². The Kier molecular flexibility index (Phi) is 3.51. The first kappa shape index (κ1) is 16.1. The fourth-order valence-corrected chi connectivity index (χ4v) is 6.59. The molecular formula is C21H29NO3. The van der Waals surface area contributed by atoms with E-state index in [-0.39, 0.29) is 24.2 Å². The first-order chi connectivity index (χ1) is 12.2. The van der Waals surface area contributed by atoms with Gasteiger partial charge in [0.15, 0.2) is 0 Å². The molecule has 2 bridgehead atoms. The van der Waals surface area contributed by atoms with Gasteiger partial charge in [0.1, 0.15) is 11.9 Å². The fraction of sp³-hybridized carbons (Fsp3) is 0.714. The maximum absolute atomic E-state index is 11.9. The minimum absolute atomic E-state index is 0.000323. The quantitative estimate of drug-likeness (QED) is 0.786. The van der Waals surface area contributed by atoms with Crippen molar-refractivity contribution in [3.8, 4) is 5.75 Å². The topological polar surface area (TPSA) is 61.7 Å². The Morgan fingerprint density at radius 3 is 2.96 bits per heavy atom. The largest absolute Gasteiger partial charge is 0.487 e. The van der Waals surface area contributed by atoms with E-state index < -0.39 is 5.60 Å². The molecule has 0 saturated heterocycles. The summed E-state index contributed by atoms with van der Waals surface area (Å²) in [5.41, 5.74) is 2.54. The second-order valence-electron chi connectivity index (χ2n) is 8.57. The fourth-order valence-electron chi connectivity index (χ4n) is 6.59. The molecule has 1 spiro atoms. The Morgan fingerprint density at radius 2 is 2.16 bits per heavy atom. The molecule has 3 unspecified atom stereocenters. The standard InChI is InChI=1S/C21H29NO3/c1-2-10-22-16-7-9-21(24)15-4-3-8-20(21)17-13(11-15)5-6-14(12-23)18(17)25-19(16)20/h5-6,15-16,19,22-24H,2-4,7-12H2,1H3/t15?,16?,19?,20-,21+/m1/s1. The zero-order valence-electron chi connectivity index (χ0n) is 15.1. The molecule has 25 heavy (non-hydrogen) atoms. The monoisotopic (exact) mass is 343 g/mol. The van der Waals surface area contributed by atoms with Crippen LogP contribution in [0.2, 0.25) is 0 Å². The molecule has 1 aromatic carbocycles. The van der Waals surface area contributed by atoms with E-state index in [1.165, 1.54) is 11.1 Å². The van der Waals surface area contributed by atoms with E-state index in [2.05, 4.69) is 18.3 Å². The van der Waals surface area contributed by atoms with Crippen LogP contribution in [0.15, 0.2) is 12.1 Å². The lowest BCUT2D eigenvalue weighted by molar-refractivity contribution is -0.175. The minimum atomic E-state index is -0.646. The lowest BCUT2D eigenvalue weighted by Crippen LogP contribution is -2.72. The molecule has 4 heteroatoms. The molecule has 4 nitrogen and oxygen atoms in total. The van der Waals surface area contributed by atoms with Crippen molar-refractivity contribution < 1.29 is 14.9 Å². The summed E-state index contributed by atoms with van der Waals surface area (Å²) in [5, 5.41) is 25.5. The summed E-state index contributed by atoms with van der Waals surface area (Å²) in [5.74, 6) is 1.23. The van der Waals surface area contributed by atoms with Crippen LogP contribution in [0, 0.1) is 5.92 Å². The highest BCUT2D eigenvalue weighted by atomic mass is 16.5. The van der Waals surface area contributed by atoms with Crippen LogP contribution in [-0.2, 0) is 18.4 Å². The predicted octanol–water partition coefficient (Wildman–Crippen LogP) is 2.43. The van der Waals surface area contributed by atoms with Crippen LogP contribution in [0.5, 0.6) is 5.75 Å². The molecule has 0 aromatic heterocycles. The molecule has 0 radical (unpaired) electrons. The van der Waals surface area contributed by atoms with Crippen molar-refractivity contribution in [3.63, 3.8) is 0 Å². The van der Waals surface area contributed by atoms with Gasteiger partial charge in [-0.15, -0.1) is 0 Å². The Hall–Kier alpha value is -1.10. The van der Waals surface area contributed by atoms with Gasteiger partial charge in [-0.05, 0) is 56.6 Å². The van der Waals surface area contributed by atoms with Gasteiger partial charge >= 0.3 is 0 Å². The third-order valence-electron chi connectivity index (χ3n) is 7.57. The van der Waals surface area contributed by atoms with Crippen molar-refractivity contribution in [3.05, 3.63) is 28.8 Å². The summed E-state index contributed by atoms with van der Waals surface area (Å²) < 4.78 is 6.59. The van der Waals surface area contributed by atoms with Crippen LogP contribution in [-0.4, -0.2) is 34.5 Å². The predicted molar refractivity (Wildman–Crippen MR) is 95.8 cm³/mol. The highest BCUT2D eigenvalue weighted by Crippen LogP contribution is 2.66. The summed E-state index contributed by atoms with van der Waals surface area (Å²) in [6.07, 6.45) is 7.16. The third-order valence-corrected chi connectivity index (χ3v) is 7.57. The molecule has 1 heterocycles. The molecule has 1 aromatic rings. The smallest absolute Gasteiger partial charge is 0.129 e. The Bertz CT molecular complexity index is 705. The van der Waals surface area contributed by atoms with Crippen molar-refractivity contribution >= 4 is 0 Å². The van der Waals surface area contributed by atoms with Crippen LogP contribution < -0.4 is 10.1 Å². The number of aliphatic hydroxyl groups excluding tert-OH is 1. The number of ether oxygens (including phenoxy) is 1. The summed E-state index contributed by atoms with van der Waals surface area (Å²) in [4.78, 5) is 0. The molecule has 2 saturated carbocycles. The van der Waals surface area contributed by atoms with E-state index >= 15 is 0 Å². The third kappa shape index (κ3) is 1.83. The molecule has 4 aliphatic rings. The number of hydrogen-bond donors (Lipinski definition) is 3.